The maximum atomic E-state index is 13.3. The van der Waals surface area contributed by atoms with E-state index in [0.717, 1.165) is 6.07 Å². The van der Waals surface area contributed by atoms with Crippen LogP contribution in [-0.2, 0) is 4.79 Å². The van der Waals surface area contributed by atoms with Crippen molar-refractivity contribution in [2.45, 2.75) is 6.92 Å². The van der Waals surface area contributed by atoms with E-state index in [0.29, 0.717) is 0 Å². The molecule has 0 aliphatic heterocycles. The predicted molar refractivity (Wildman–Crippen MR) is 58.9 cm³/mol. The second-order valence-corrected chi connectivity index (χ2v) is 3.21. The molecule has 4 nitrogen and oxygen atoms in total. The molecule has 1 amide bonds. The molecule has 0 aliphatic rings. The average molecular weight is 235 g/mol. The highest BCUT2D eigenvalue weighted by Crippen LogP contribution is 2.09. The molecule has 1 rings (SSSR count). The quantitative estimate of drug-likeness (QED) is 0.752. The Labute approximate surface area is 97.5 Å². The minimum Gasteiger partial charge on any atom is -0.478 e. The second-order valence-electron chi connectivity index (χ2n) is 3.21. The zero-order valence-corrected chi connectivity index (χ0v) is 9.08. The van der Waals surface area contributed by atoms with E-state index in [4.69, 9.17) is 5.11 Å². The number of carbonyl (C=O) groups is 2. The molecule has 0 fully saturated rings. The first-order chi connectivity index (χ1) is 8.00. The summed E-state index contributed by atoms with van der Waals surface area (Å²) in [6.45, 7) is 1.47. The van der Waals surface area contributed by atoms with Gasteiger partial charge in [-0.1, -0.05) is 11.8 Å². The number of carbonyl (C=O) groups excluding carboxylic acids is 1. The summed E-state index contributed by atoms with van der Waals surface area (Å²) in [7, 11) is 0. The van der Waals surface area contributed by atoms with Gasteiger partial charge in [-0.15, -0.1) is 0 Å². The predicted octanol–water partition coefficient (Wildman–Crippen LogP) is 1.01. The van der Waals surface area contributed by atoms with Crippen molar-refractivity contribution in [3.8, 4) is 11.8 Å². The first kappa shape index (κ1) is 12.7. The fourth-order valence-corrected chi connectivity index (χ4v) is 1.06. The van der Waals surface area contributed by atoms with Gasteiger partial charge in [0.05, 0.1) is 17.7 Å². The highest BCUT2D eigenvalue weighted by Gasteiger charge is 2.06. The number of aromatic carboxylic acids is 1. The largest absolute Gasteiger partial charge is 0.478 e. The maximum absolute atomic E-state index is 13.3. The molecule has 1 aromatic rings. The molecule has 0 aliphatic carbocycles. The summed E-state index contributed by atoms with van der Waals surface area (Å²) >= 11 is 0. The number of hydrogen-bond acceptors (Lipinski definition) is 2. The Morgan fingerprint density at radius 3 is 2.71 bits per heavy atom. The molecular formula is C12H10FNO3. The SMILES string of the molecule is CC(=O)NCC#Cc1ccc(C(=O)O)cc1F. The molecule has 2 N–H and O–H groups in total. The number of hydrogen-bond donors (Lipinski definition) is 2. The number of halogens is 1. The van der Waals surface area contributed by atoms with Gasteiger partial charge in [0.1, 0.15) is 5.82 Å². The van der Waals surface area contributed by atoms with Crippen molar-refractivity contribution in [3.05, 3.63) is 35.1 Å². The van der Waals surface area contributed by atoms with E-state index in [1.807, 2.05) is 0 Å². The standard InChI is InChI=1S/C12H10FNO3/c1-8(15)14-6-2-3-9-4-5-10(12(16)17)7-11(9)13/h4-5,7H,6H2,1H3,(H,14,15)(H,16,17). The summed E-state index contributed by atoms with van der Waals surface area (Å²) in [6, 6.07) is 3.47. The maximum Gasteiger partial charge on any atom is 0.335 e. The van der Waals surface area contributed by atoms with Crippen LogP contribution < -0.4 is 5.32 Å². The summed E-state index contributed by atoms with van der Waals surface area (Å²) in [5.74, 6) is 2.95. The van der Waals surface area contributed by atoms with Gasteiger partial charge in [0, 0.05) is 6.92 Å². The van der Waals surface area contributed by atoms with Crippen molar-refractivity contribution in [2.75, 3.05) is 6.54 Å². The minimum absolute atomic E-state index is 0.0975. The van der Waals surface area contributed by atoms with Gasteiger partial charge >= 0.3 is 5.97 Å². The van der Waals surface area contributed by atoms with Crippen molar-refractivity contribution in [3.63, 3.8) is 0 Å². The number of amides is 1. The molecule has 5 heteroatoms. The molecule has 0 unspecified atom stereocenters. The van der Waals surface area contributed by atoms with Gasteiger partial charge in [-0.05, 0) is 18.2 Å². The molecule has 0 bridgehead atoms. The van der Waals surface area contributed by atoms with Crippen molar-refractivity contribution in [2.24, 2.45) is 0 Å². The van der Waals surface area contributed by atoms with Crippen LogP contribution in [0.3, 0.4) is 0 Å². The third-order valence-corrected chi connectivity index (χ3v) is 1.86. The van der Waals surface area contributed by atoms with Crippen molar-refractivity contribution in [1.82, 2.24) is 5.32 Å². The Balaban J connectivity index is 2.79. The van der Waals surface area contributed by atoms with Crippen LogP contribution >= 0.6 is 0 Å². The molecule has 0 radical (unpaired) electrons. The number of benzene rings is 1. The van der Waals surface area contributed by atoms with Gasteiger partial charge in [-0.25, -0.2) is 9.18 Å². The molecule has 0 spiro atoms. The third-order valence-electron chi connectivity index (χ3n) is 1.86. The molecule has 0 heterocycles. The van der Waals surface area contributed by atoms with E-state index in [2.05, 4.69) is 17.2 Å². The first-order valence-electron chi connectivity index (χ1n) is 4.77. The van der Waals surface area contributed by atoms with Gasteiger partial charge < -0.3 is 10.4 Å². The van der Waals surface area contributed by atoms with E-state index in [1.165, 1.54) is 19.1 Å². The van der Waals surface area contributed by atoms with E-state index in [9.17, 15) is 14.0 Å². The Hall–Kier alpha value is -2.35. The number of carboxylic acids is 1. The first-order valence-corrected chi connectivity index (χ1v) is 4.77. The van der Waals surface area contributed by atoms with E-state index < -0.39 is 11.8 Å². The second kappa shape index (κ2) is 5.66. The summed E-state index contributed by atoms with van der Waals surface area (Å²) in [6.07, 6.45) is 0. The monoisotopic (exact) mass is 235 g/mol. The van der Waals surface area contributed by atoms with Crippen molar-refractivity contribution >= 4 is 11.9 Å². The van der Waals surface area contributed by atoms with Gasteiger partial charge in [0.25, 0.3) is 0 Å². The highest BCUT2D eigenvalue weighted by atomic mass is 19.1. The Kier molecular flexibility index (Phi) is 4.23. The van der Waals surface area contributed by atoms with E-state index >= 15 is 0 Å². The lowest BCUT2D eigenvalue weighted by Gasteiger charge is -1.97. The number of nitrogens with one attached hydrogen (secondary N) is 1. The summed E-state index contributed by atoms with van der Waals surface area (Å²) in [5, 5.41) is 11.1. The van der Waals surface area contributed by atoms with Gasteiger partial charge in [-0.2, -0.15) is 0 Å². The van der Waals surface area contributed by atoms with Crippen LogP contribution in [0.15, 0.2) is 18.2 Å². The lowest BCUT2D eigenvalue weighted by Crippen LogP contribution is -2.19. The molecule has 88 valence electrons. The number of rotatable bonds is 2. The highest BCUT2D eigenvalue weighted by molar-refractivity contribution is 5.87. The summed E-state index contributed by atoms with van der Waals surface area (Å²) in [4.78, 5) is 21.1. The molecule has 1 aromatic carbocycles. The lowest BCUT2D eigenvalue weighted by molar-refractivity contribution is -0.118. The molecule has 0 aromatic heterocycles. The zero-order chi connectivity index (χ0) is 12.8. The molecular weight excluding hydrogens is 225 g/mol. The fourth-order valence-electron chi connectivity index (χ4n) is 1.06. The van der Waals surface area contributed by atoms with Gasteiger partial charge in [-0.3, -0.25) is 4.79 Å². The van der Waals surface area contributed by atoms with Crippen molar-refractivity contribution in [1.29, 1.82) is 0 Å². The van der Waals surface area contributed by atoms with Crippen LogP contribution in [0.1, 0.15) is 22.8 Å². The minimum atomic E-state index is -1.19. The topological polar surface area (TPSA) is 66.4 Å². The normalized spacial score (nSPS) is 9.06. The smallest absolute Gasteiger partial charge is 0.335 e. The Morgan fingerprint density at radius 2 is 2.18 bits per heavy atom. The Bertz CT molecular complexity index is 514. The van der Waals surface area contributed by atoms with Crippen LogP contribution in [0, 0.1) is 17.7 Å². The van der Waals surface area contributed by atoms with Crippen LogP contribution in [0.2, 0.25) is 0 Å². The fraction of sp³-hybridized carbons (Fsp3) is 0.167. The third kappa shape index (κ3) is 3.95. The van der Waals surface area contributed by atoms with Crippen LogP contribution in [-0.4, -0.2) is 23.5 Å². The Morgan fingerprint density at radius 1 is 1.47 bits per heavy atom. The lowest BCUT2D eigenvalue weighted by atomic mass is 10.1. The average Bonchev–Trinajstić information content (AvgIpc) is 2.25. The van der Waals surface area contributed by atoms with E-state index in [-0.39, 0.29) is 23.6 Å². The van der Waals surface area contributed by atoms with Crippen LogP contribution in [0.25, 0.3) is 0 Å². The summed E-state index contributed by atoms with van der Waals surface area (Å²) in [5.41, 5.74) is -0.0322. The summed E-state index contributed by atoms with van der Waals surface area (Å²) < 4.78 is 13.3. The number of carboxylic acid groups (broad SMARTS) is 1. The molecule has 0 saturated heterocycles. The van der Waals surface area contributed by atoms with E-state index in [1.54, 1.807) is 0 Å². The molecule has 0 saturated carbocycles. The molecule has 17 heavy (non-hydrogen) atoms. The zero-order valence-electron chi connectivity index (χ0n) is 9.08. The van der Waals surface area contributed by atoms with Crippen molar-refractivity contribution < 1.29 is 19.1 Å². The molecule has 0 atom stereocenters. The van der Waals surface area contributed by atoms with Gasteiger partial charge in [0.2, 0.25) is 5.91 Å². The van der Waals surface area contributed by atoms with Crippen LogP contribution in [0.4, 0.5) is 4.39 Å². The van der Waals surface area contributed by atoms with Crippen LogP contribution in [0.5, 0.6) is 0 Å². The van der Waals surface area contributed by atoms with Gasteiger partial charge in [0.15, 0.2) is 0 Å².